The minimum absolute atomic E-state index is 0.106. The van der Waals surface area contributed by atoms with Crippen LogP contribution >= 0.6 is 7.82 Å². The van der Waals surface area contributed by atoms with Gasteiger partial charge in [0.15, 0.2) is 0 Å². The third-order valence-corrected chi connectivity index (χ3v) is 5.00. The maximum Gasteiger partial charge on any atom is 0.466 e. The van der Waals surface area contributed by atoms with Gasteiger partial charge >= 0.3 is 7.82 Å². The highest BCUT2D eigenvalue weighted by atomic mass is 31.2. The Labute approximate surface area is 185 Å². The Morgan fingerprint density at radius 2 is 1.06 bits per heavy atom. The molecule has 5 heteroatoms. The molecular weight excluding hydrogens is 407 g/mol. The minimum atomic E-state index is -4.64. The molecule has 3 aromatic rings. The van der Waals surface area contributed by atoms with Gasteiger partial charge in [0.1, 0.15) is 0 Å². The van der Waals surface area contributed by atoms with E-state index in [9.17, 15) is 0 Å². The Bertz CT molecular complexity index is 1030. The van der Waals surface area contributed by atoms with Crippen LogP contribution in [0.2, 0.25) is 0 Å². The van der Waals surface area contributed by atoms with Gasteiger partial charge in [-0.25, -0.2) is 4.57 Å². The van der Waals surface area contributed by atoms with Crippen molar-refractivity contribution in [3.8, 4) is 22.3 Å². The topological polar surface area (TPSA) is 77.8 Å². The number of phosphoric acid groups is 1. The number of benzene rings is 3. The number of rotatable bonds is 2. The Morgan fingerprint density at radius 1 is 0.613 bits per heavy atom. The van der Waals surface area contributed by atoms with Gasteiger partial charge in [-0.1, -0.05) is 114 Å². The van der Waals surface area contributed by atoms with Gasteiger partial charge in [0, 0.05) is 0 Å². The second-order valence-corrected chi connectivity index (χ2v) is 10.7. The lowest BCUT2D eigenvalue weighted by molar-refractivity contribution is 0.275. The van der Waals surface area contributed by atoms with E-state index in [-0.39, 0.29) is 10.8 Å². The summed E-state index contributed by atoms with van der Waals surface area (Å²) >= 11 is 0. The second kappa shape index (κ2) is 9.50. The van der Waals surface area contributed by atoms with E-state index in [2.05, 4.69) is 114 Å². The lowest BCUT2D eigenvalue weighted by atomic mass is 9.77. The molecule has 0 aliphatic carbocycles. The molecule has 0 amide bonds. The van der Waals surface area contributed by atoms with Gasteiger partial charge in [-0.05, 0) is 44.2 Å². The van der Waals surface area contributed by atoms with E-state index in [0.717, 1.165) is 0 Å². The maximum absolute atomic E-state index is 8.88. The van der Waals surface area contributed by atoms with Gasteiger partial charge in [0.25, 0.3) is 0 Å². The number of hydrogen-bond donors (Lipinski definition) is 3. The maximum atomic E-state index is 8.88. The van der Waals surface area contributed by atoms with Gasteiger partial charge in [-0.2, -0.15) is 0 Å². The fourth-order valence-electron chi connectivity index (χ4n) is 3.36. The SMILES string of the molecule is CC(C)(C)c1ccc(-c2ccc(-c3ccccc3)cc2)c(C(C)(C)C)c1.O=P(O)(O)O. The summed E-state index contributed by atoms with van der Waals surface area (Å²) in [6.45, 7) is 13.7. The van der Waals surface area contributed by atoms with Crippen LogP contribution < -0.4 is 0 Å². The molecule has 0 bridgehead atoms. The fraction of sp³-hybridized carbons (Fsp3) is 0.308. The van der Waals surface area contributed by atoms with E-state index in [1.54, 1.807) is 0 Å². The summed E-state index contributed by atoms with van der Waals surface area (Å²) in [5.41, 5.74) is 8.23. The van der Waals surface area contributed by atoms with Crippen molar-refractivity contribution in [2.75, 3.05) is 0 Å². The van der Waals surface area contributed by atoms with Crippen LogP contribution in [0.4, 0.5) is 0 Å². The normalized spacial score (nSPS) is 12.2. The zero-order valence-corrected chi connectivity index (χ0v) is 20.0. The van der Waals surface area contributed by atoms with E-state index >= 15 is 0 Å². The summed E-state index contributed by atoms with van der Waals surface area (Å²) in [6, 6.07) is 26.5. The van der Waals surface area contributed by atoms with E-state index in [4.69, 9.17) is 19.2 Å². The minimum Gasteiger partial charge on any atom is -0.303 e. The van der Waals surface area contributed by atoms with Crippen LogP contribution in [0.1, 0.15) is 52.7 Å². The molecule has 0 unspecified atom stereocenters. The van der Waals surface area contributed by atoms with Gasteiger partial charge in [0.2, 0.25) is 0 Å². The molecule has 0 saturated carbocycles. The molecular formula is C26H33O4P. The zero-order chi connectivity index (χ0) is 23.4. The fourth-order valence-corrected chi connectivity index (χ4v) is 3.36. The average Bonchev–Trinajstić information content (AvgIpc) is 2.66. The molecule has 3 N–H and O–H groups in total. The standard InChI is InChI=1S/C26H30.H3O4P/c1-25(2,3)22-16-17-23(24(18-22)26(4,5)6)21-14-12-20(13-15-21)19-10-8-7-9-11-19;1-5(2,3)4/h7-18H,1-6H3;(H3,1,2,3,4). The molecule has 0 atom stereocenters. The third-order valence-electron chi connectivity index (χ3n) is 5.00. The van der Waals surface area contributed by atoms with Crippen molar-refractivity contribution in [2.45, 2.75) is 52.4 Å². The summed E-state index contributed by atoms with van der Waals surface area (Å²) in [5.74, 6) is 0. The average molecular weight is 441 g/mol. The van der Waals surface area contributed by atoms with Crippen LogP contribution in [0.3, 0.4) is 0 Å². The van der Waals surface area contributed by atoms with Crippen molar-refractivity contribution >= 4 is 7.82 Å². The Morgan fingerprint density at radius 3 is 1.52 bits per heavy atom. The molecule has 0 saturated heterocycles. The van der Waals surface area contributed by atoms with E-state index in [0.29, 0.717) is 0 Å². The second-order valence-electron chi connectivity index (χ2n) is 9.72. The zero-order valence-electron chi connectivity index (χ0n) is 19.1. The van der Waals surface area contributed by atoms with Crippen LogP contribution in [0.5, 0.6) is 0 Å². The first kappa shape index (κ1) is 25.0. The van der Waals surface area contributed by atoms with Crippen LogP contribution in [0, 0.1) is 0 Å². The molecule has 0 spiro atoms. The van der Waals surface area contributed by atoms with Crippen molar-refractivity contribution in [3.05, 3.63) is 83.9 Å². The van der Waals surface area contributed by atoms with E-state index in [1.165, 1.54) is 33.4 Å². The Hall–Kier alpha value is -2.23. The highest BCUT2D eigenvalue weighted by Crippen LogP contribution is 2.37. The predicted molar refractivity (Wildman–Crippen MR) is 129 cm³/mol. The number of hydrogen-bond acceptors (Lipinski definition) is 1. The smallest absolute Gasteiger partial charge is 0.303 e. The van der Waals surface area contributed by atoms with Crippen LogP contribution in [-0.2, 0) is 15.4 Å². The predicted octanol–water partition coefficient (Wildman–Crippen LogP) is 6.69. The van der Waals surface area contributed by atoms with Crippen LogP contribution in [0.15, 0.2) is 72.8 Å². The summed E-state index contributed by atoms with van der Waals surface area (Å²) in [4.78, 5) is 21.6. The largest absolute Gasteiger partial charge is 0.466 e. The van der Waals surface area contributed by atoms with Gasteiger partial charge in [-0.3, -0.25) is 0 Å². The van der Waals surface area contributed by atoms with Gasteiger partial charge < -0.3 is 14.7 Å². The summed E-state index contributed by atoms with van der Waals surface area (Å²) in [7, 11) is -4.64. The summed E-state index contributed by atoms with van der Waals surface area (Å²) < 4.78 is 8.88. The first-order chi connectivity index (χ1) is 14.2. The quantitative estimate of drug-likeness (QED) is 0.388. The molecule has 0 aliphatic rings. The molecule has 31 heavy (non-hydrogen) atoms. The lowest BCUT2D eigenvalue weighted by Crippen LogP contribution is -2.17. The van der Waals surface area contributed by atoms with Crippen LogP contribution in [-0.4, -0.2) is 14.7 Å². The molecule has 0 fully saturated rings. The first-order valence-corrected chi connectivity index (χ1v) is 11.8. The molecule has 0 aliphatic heterocycles. The molecule has 4 nitrogen and oxygen atoms in total. The first-order valence-electron chi connectivity index (χ1n) is 10.3. The summed E-state index contributed by atoms with van der Waals surface area (Å²) in [5, 5.41) is 0. The van der Waals surface area contributed by atoms with Crippen molar-refractivity contribution in [1.29, 1.82) is 0 Å². The molecule has 166 valence electrons. The Balaban J connectivity index is 0.000000614. The third kappa shape index (κ3) is 7.75. The highest BCUT2D eigenvalue weighted by molar-refractivity contribution is 7.45. The summed E-state index contributed by atoms with van der Waals surface area (Å²) in [6.07, 6.45) is 0. The molecule has 0 aromatic heterocycles. The molecule has 3 aromatic carbocycles. The van der Waals surface area contributed by atoms with Crippen LogP contribution in [0.25, 0.3) is 22.3 Å². The monoisotopic (exact) mass is 440 g/mol. The van der Waals surface area contributed by atoms with Crippen molar-refractivity contribution in [2.24, 2.45) is 0 Å². The van der Waals surface area contributed by atoms with Crippen molar-refractivity contribution in [1.82, 2.24) is 0 Å². The van der Waals surface area contributed by atoms with Gasteiger partial charge in [0.05, 0.1) is 0 Å². The van der Waals surface area contributed by atoms with E-state index < -0.39 is 7.82 Å². The molecule has 0 radical (unpaired) electrons. The molecule has 0 heterocycles. The van der Waals surface area contributed by atoms with Gasteiger partial charge in [-0.15, -0.1) is 0 Å². The Kier molecular flexibility index (Phi) is 7.67. The lowest BCUT2D eigenvalue weighted by Gasteiger charge is -2.27. The van der Waals surface area contributed by atoms with E-state index in [1.807, 2.05) is 0 Å². The van der Waals surface area contributed by atoms with Crippen molar-refractivity contribution in [3.63, 3.8) is 0 Å². The highest BCUT2D eigenvalue weighted by Gasteiger charge is 2.22. The van der Waals surface area contributed by atoms with Crippen molar-refractivity contribution < 1.29 is 19.2 Å². The molecule has 3 rings (SSSR count).